The van der Waals surface area contributed by atoms with Gasteiger partial charge in [-0.1, -0.05) is 0 Å². The number of likely N-dealkylation sites (N-methyl/N-ethyl adjacent to an activating group) is 1. The van der Waals surface area contributed by atoms with Crippen molar-refractivity contribution in [2.45, 2.75) is 13.0 Å². The zero-order chi connectivity index (χ0) is 14.4. The largest absolute Gasteiger partial charge is 0.397 e. The summed E-state index contributed by atoms with van der Waals surface area (Å²) in [4.78, 5) is 13.8. The number of carbonyl (C=O) groups excluding carboxylic acids is 1. The van der Waals surface area contributed by atoms with Crippen LogP contribution >= 0.6 is 11.8 Å². The summed E-state index contributed by atoms with van der Waals surface area (Å²) < 4.78 is 12.9. The van der Waals surface area contributed by atoms with Gasteiger partial charge in [-0.3, -0.25) is 9.69 Å². The van der Waals surface area contributed by atoms with Crippen LogP contribution in [0.4, 0.5) is 15.8 Å². The second kappa shape index (κ2) is 7.35. The molecule has 1 amide bonds. The number of hydrogen-bond acceptors (Lipinski definition) is 4. The number of nitrogens with one attached hydrogen (secondary N) is 1. The van der Waals surface area contributed by atoms with Gasteiger partial charge in [0, 0.05) is 11.8 Å². The third kappa shape index (κ3) is 5.08. The summed E-state index contributed by atoms with van der Waals surface area (Å²) in [5.41, 5.74) is 6.31. The Morgan fingerprint density at radius 3 is 2.84 bits per heavy atom. The number of anilines is 2. The van der Waals surface area contributed by atoms with Gasteiger partial charge < -0.3 is 11.1 Å². The lowest BCUT2D eigenvalue weighted by Crippen LogP contribution is -2.37. The van der Waals surface area contributed by atoms with E-state index in [1.807, 2.05) is 18.2 Å². The number of thioether (sulfide) groups is 1. The average Bonchev–Trinajstić information content (AvgIpc) is 2.33. The van der Waals surface area contributed by atoms with Crippen LogP contribution in [0.25, 0.3) is 0 Å². The van der Waals surface area contributed by atoms with Crippen molar-refractivity contribution in [3.8, 4) is 0 Å². The molecule has 0 aliphatic rings. The number of amides is 1. The zero-order valence-corrected chi connectivity index (χ0v) is 12.3. The van der Waals surface area contributed by atoms with Gasteiger partial charge in [-0.15, -0.1) is 0 Å². The van der Waals surface area contributed by atoms with Crippen LogP contribution in [0.15, 0.2) is 18.2 Å². The molecule has 1 aromatic rings. The molecule has 0 aliphatic carbocycles. The molecule has 0 spiro atoms. The average molecular weight is 285 g/mol. The normalized spacial score (nSPS) is 12.5. The molecule has 0 fully saturated rings. The van der Waals surface area contributed by atoms with E-state index in [1.54, 1.807) is 11.8 Å². The number of carbonyl (C=O) groups is 1. The first-order chi connectivity index (χ1) is 8.93. The topological polar surface area (TPSA) is 58.4 Å². The third-order valence-corrected chi connectivity index (χ3v) is 3.66. The van der Waals surface area contributed by atoms with Gasteiger partial charge in [-0.25, -0.2) is 4.39 Å². The number of rotatable bonds is 6. The molecule has 0 heterocycles. The van der Waals surface area contributed by atoms with Crippen molar-refractivity contribution < 1.29 is 9.18 Å². The first-order valence-electron chi connectivity index (χ1n) is 5.98. The maximum Gasteiger partial charge on any atom is 0.238 e. The van der Waals surface area contributed by atoms with Gasteiger partial charge in [0.25, 0.3) is 0 Å². The fraction of sp³-hybridized carbons (Fsp3) is 0.462. The minimum atomic E-state index is -0.416. The molecule has 1 aromatic carbocycles. The summed E-state index contributed by atoms with van der Waals surface area (Å²) in [7, 11) is 1.90. The predicted molar refractivity (Wildman–Crippen MR) is 79.9 cm³/mol. The number of hydrogen-bond donors (Lipinski definition) is 2. The first kappa shape index (κ1) is 15.8. The van der Waals surface area contributed by atoms with Crippen molar-refractivity contribution >= 4 is 29.0 Å². The van der Waals surface area contributed by atoms with Gasteiger partial charge in [0.05, 0.1) is 17.9 Å². The van der Waals surface area contributed by atoms with E-state index in [0.717, 1.165) is 5.75 Å². The van der Waals surface area contributed by atoms with E-state index in [9.17, 15) is 9.18 Å². The highest BCUT2D eigenvalue weighted by Gasteiger charge is 2.13. The van der Waals surface area contributed by atoms with Gasteiger partial charge in [-0.05, 0) is 38.4 Å². The summed E-state index contributed by atoms with van der Waals surface area (Å²) in [6, 6.07) is 4.24. The lowest BCUT2D eigenvalue weighted by atomic mass is 10.2. The Morgan fingerprint density at radius 1 is 1.58 bits per heavy atom. The number of nitrogens with zero attached hydrogens (tertiary/aromatic N) is 1. The number of benzene rings is 1. The lowest BCUT2D eigenvalue weighted by Gasteiger charge is -2.23. The Labute approximate surface area is 117 Å². The molecule has 1 rings (SSSR count). The molecular formula is C13H20FN3OS. The Morgan fingerprint density at radius 2 is 2.26 bits per heavy atom. The van der Waals surface area contributed by atoms with Crippen LogP contribution in [0.3, 0.4) is 0 Å². The molecule has 4 nitrogen and oxygen atoms in total. The fourth-order valence-electron chi connectivity index (χ4n) is 1.59. The standard InChI is InChI=1S/C13H20FN3OS/c1-9(8-19-3)17(2)7-13(18)16-12-5-4-10(14)6-11(12)15/h4-6,9H,7-8,15H2,1-3H3,(H,16,18). The highest BCUT2D eigenvalue weighted by atomic mass is 32.2. The van der Waals surface area contributed by atoms with Crippen LogP contribution in [-0.4, -0.2) is 42.4 Å². The van der Waals surface area contributed by atoms with Crippen molar-refractivity contribution in [3.05, 3.63) is 24.0 Å². The maximum absolute atomic E-state index is 12.9. The first-order valence-corrected chi connectivity index (χ1v) is 7.37. The minimum absolute atomic E-state index is 0.159. The van der Waals surface area contributed by atoms with Crippen molar-refractivity contribution in [1.82, 2.24) is 4.90 Å². The summed E-state index contributed by atoms with van der Waals surface area (Å²) >= 11 is 1.74. The highest BCUT2D eigenvalue weighted by Crippen LogP contribution is 2.18. The maximum atomic E-state index is 12.9. The van der Waals surface area contributed by atoms with Crippen LogP contribution in [-0.2, 0) is 4.79 Å². The molecule has 0 saturated carbocycles. The Hall–Kier alpha value is -1.27. The predicted octanol–water partition coefficient (Wildman–Crippen LogP) is 2.03. The van der Waals surface area contributed by atoms with Crippen molar-refractivity contribution in [2.24, 2.45) is 0 Å². The van der Waals surface area contributed by atoms with Gasteiger partial charge in [0.2, 0.25) is 5.91 Å². The lowest BCUT2D eigenvalue weighted by molar-refractivity contribution is -0.117. The molecule has 19 heavy (non-hydrogen) atoms. The van der Waals surface area contributed by atoms with E-state index in [-0.39, 0.29) is 18.1 Å². The van der Waals surface area contributed by atoms with Gasteiger partial charge in [0.1, 0.15) is 5.82 Å². The molecule has 1 unspecified atom stereocenters. The Kier molecular flexibility index (Phi) is 6.11. The molecule has 1 atom stereocenters. The molecule has 3 N–H and O–H groups in total. The molecule has 0 aromatic heterocycles. The summed E-state index contributed by atoms with van der Waals surface area (Å²) in [5.74, 6) is 0.387. The van der Waals surface area contributed by atoms with E-state index in [2.05, 4.69) is 12.2 Å². The number of halogens is 1. The Balaban J connectivity index is 2.55. The SMILES string of the molecule is CSCC(C)N(C)CC(=O)Nc1ccc(F)cc1N. The molecule has 0 aliphatic heterocycles. The number of nitrogen functional groups attached to an aromatic ring is 1. The van der Waals surface area contributed by atoms with Crippen molar-refractivity contribution in [3.63, 3.8) is 0 Å². The van der Waals surface area contributed by atoms with Crippen LogP contribution < -0.4 is 11.1 Å². The molecule has 0 saturated heterocycles. The molecule has 106 valence electrons. The van der Waals surface area contributed by atoms with Crippen molar-refractivity contribution in [1.29, 1.82) is 0 Å². The monoisotopic (exact) mass is 285 g/mol. The third-order valence-electron chi connectivity index (χ3n) is 2.84. The van der Waals surface area contributed by atoms with Gasteiger partial charge >= 0.3 is 0 Å². The molecular weight excluding hydrogens is 265 g/mol. The van der Waals surface area contributed by atoms with Crippen LogP contribution in [0.2, 0.25) is 0 Å². The zero-order valence-electron chi connectivity index (χ0n) is 11.4. The van der Waals surface area contributed by atoms with Crippen LogP contribution in [0.5, 0.6) is 0 Å². The van der Waals surface area contributed by atoms with E-state index in [4.69, 9.17) is 5.73 Å². The van der Waals surface area contributed by atoms with E-state index < -0.39 is 5.82 Å². The second-order valence-corrected chi connectivity index (χ2v) is 5.41. The minimum Gasteiger partial charge on any atom is -0.397 e. The highest BCUT2D eigenvalue weighted by molar-refractivity contribution is 7.98. The summed E-state index contributed by atoms with van der Waals surface area (Å²) in [6.07, 6.45) is 2.03. The van der Waals surface area contributed by atoms with E-state index in [1.165, 1.54) is 18.2 Å². The molecule has 0 bridgehead atoms. The number of nitrogens with two attached hydrogens (primary N) is 1. The summed E-state index contributed by atoms with van der Waals surface area (Å²) in [5, 5.41) is 2.69. The van der Waals surface area contributed by atoms with Crippen molar-refractivity contribution in [2.75, 3.05) is 36.7 Å². The van der Waals surface area contributed by atoms with Crippen LogP contribution in [0.1, 0.15) is 6.92 Å². The van der Waals surface area contributed by atoms with Gasteiger partial charge in [-0.2, -0.15) is 11.8 Å². The van der Waals surface area contributed by atoms with E-state index >= 15 is 0 Å². The second-order valence-electron chi connectivity index (χ2n) is 4.50. The molecule has 0 radical (unpaired) electrons. The smallest absolute Gasteiger partial charge is 0.238 e. The Bertz CT molecular complexity index is 442. The van der Waals surface area contributed by atoms with Crippen LogP contribution in [0, 0.1) is 5.82 Å². The van der Waals surface area contributed by atoms with E-state index in [0.29, 0.717) is 11.7 Å². The fourth-order valence-corrected chi connectivity index (χ4v) is 2.32. The van der Waals surface area contributed by atoms with Gasteiger partial charge in [0.15, 0.2) is 0 Å². The quantitative estimate of drug-likeness (QED) is 0.785. The molecule has 6 heteroatoms. The summed E-state index contributed by atoms with van der Waals surface area (Å²) in [6.45, 7) is 2.34.